The third-order valence-corrected chi connectivity index (χ3v) is 3.50. The van der Waals surface area contributed by atoms with Crippen LogP contribution in [0.15, 0.2) is 24.3 Å². The Morgan fingerprint density at radius 2 is 2.10 bits per heavy atom. The van der Waals surface area contributed by atoms with Gasteiger partial charge in [-0.3, -0.25) is 9.59 Å². The molecule has 2 amide bonds. The average molecular weight is 278 g/mol. The van der Waals surface area contributed by atoms with Crippen LogP contribution in [0.2, 0.25) is 0 Å². The fourth-order valence-corrected chi connectivity index (χ4v) is 2.50. The summed E-state index contributed by atoms with van der Waals surface area (Å²) in [6.07, 6.45) is 1.42. The van der Waals surface area contributed by atoms with Gasteiger partial charge in [-0.05, 0) is 31.0 Å². The number of nitrogens with one attached hydrogen (secondary N) is 1. The van der Waals surface area contributed by atoms with E-state index in [1.165, 1.54) is 12.1 Å². The van der Waals surface area contributed by atoms with Crippen LogP contribution in [0.5, 0.6) is 0 Å². The fraction of sp³-hybridized carbons (Fsp3) is 0.467. The second-order valence-electron chi connectivity index (χ2n) is 5.13. The van der Waals surface area contributed by atoms with Crippen molar-refractivity contribution < 1.29 is 14.0 Å². The molecular weight excluding hydrogens is 259 g/mol. The normalized spacial score (nSPS) is 22.9. The minimum absolute atomic E-state index is 0.118. The summed E-state index contributed by atoms with van der Waals surface area (Å²) in [7, 11) is 0. The fourth-order valence-electron chi connectivity index (χ4n) is 2.50. The molecule has 1 aromatic carbocycles. The minimum atomic E-state index is -0.524. The predicted octanol–water partition coefficient (Wildman–Crippen LogP) is 1.84. The molecule has 2 atom stereocenters. The lowest BCUT2D eigenvalue weighted by Gasteiger charge is -2.38. The van der Waals surface area contributed by atoms with Crippen molar-refractivity contribution in [2.75, 3.05) is 0 Å². The molecule has 0 radical (unpaired) electrons. The Morgan fingerprint density at radius 1 is 1.35 bits per heavy atom. The highest BCUT2D eigenvalue weighted by atomic mass is 19.1. The van der Waals surface area contributed by atoms with Crippen molar-refractivity contribution >= 4 is 11.8 Å². The summed E-state index contributed by atoms with van der Waals surface area (Å²) in [5.74, 6) is -0.584. The minimum Gasteiger partial charge on any atom is -0.343 e. The van der Waals surface area contributed by atoms with Gasteiger partial charge in [0.15, 0.2) is 0 Å². The van der Waals surface area contributed by atoms with E-state index in [1.807, 2.05) is 6.92 Å². The molecule has 0 bridgehead atoms. The third-order valence-electron chi connectivity index (χ3n) is 3.50. The molecule has 1 aromatic rings. The molecule has 108 valence electrons. The molecule has 1 fully saturated rings. The van der Waals surface area contributed by atoms with Crippen molar-refractivity contribution in [2.24, 2.45) is 0 Å². The first-order valence-electron chi connectivity index (χ1n) is 6.88. The maximum absolute atomic E-state index is 13.2. The van der Waals surface area contributed by atoms with Gasteiger partial charge in [0.25, 0.3) is 0 Å². The van der Waals surface area contributed by atoms with Crippen molar-refractivity contribution in [1.82, 2.24) is 10.2 Å². The van der Waals surface area contributed by atoms with Gasteiger partial charge in [-0.2, -0.15) is 0 Å². The Balaban J connectivity index is 2.23. The second kappa shape index (κ2) is 6.03. The number of hydrogen-bond donors (Lipinski definition) is 1. The molecule has 2 unspecified atom stereocenters. The molecule has 4 nitrogen and oxygen atoms in total. The van der Waals surface area contributed by atoms with Gasteiger partial charge in [-0.25, -0.2) is 4.39 Å². The Morgan fingerprint density at radius 3 is 2.75 bits per heavy atom. The lowest BCUT2D eigenvalue weighted by Crippen LogP contribution is -2.61. The van der Waals surface area contributed by atoms with Crippen LogP contribution in [0.4, 0.5) is 4.39 Å². The number of rotatable bonds is 4. The van der Waals surface area contributed by atoms with E-state index in [2.05, 4.69) is 5.32 Å². The Hall–Kier alpha value is -1.91. The molecule has 1 aliphatic heterocycles. The van der Waals surface area contributed by atoms with Crippen LogP contribution in [0.25, 0.3) is 0 Å². The van der Waals surface area contributed by atoms with E-state index < -0.39 is 12.1 Å². The molecule has 0 saturated carbocycles. The van der Waals surface area contributed by atoms with Crippen LogP contribution in [-0.4, -0.2) is 28.8 Å². The monoisotopic (exact) mass is 278 g/mol. The van der Waals surface area contributed by atoms with E-state index in [9.17, 15) is 14.0 Å². The van der Waals surface area contributed by atoms with Crippen molar-refractivity contribution in [3.05, 3.63) is 35.6 Å². The number of carbonyl (C=O) groups excluding carboxylic acids is 2. The highest BCUT2D eigenvalue weighted by Crippen LogP contribution is 2.18. The van der Waals surface area contributed by atoms with E-state index >= 15 is 0 Å². The largest absolute Gasteiger partial charge is 0.343 e. The van der Waals surface area contributed by atoms with Gasteiger partial charge in [0.1, 0.15) is 17.9 Å². The van der Waals surface area contributed by atoms with Crippen molar-refractivity contribution in [3.8, 4) is 0 Å². The molecule has 0 aliphatic carbocycles. The van der Waals surface area contributed by atoms with Gasteiger partial charge in [0.2, 0.25) is 11.8 Å². The molecule has 1 aliphatic rings. The first-order valence-corrected chi connectivity index (χ1v) is 6.88. The van der Waals surface area contributed by atoms with Crippen LogP contribution in [0.3, 0.4) is 0 Å². The standard InChI is InChI=1S/C15H19FN2O2/c1-3-5-13-14(19)17-10(2)15(20)18(13)9-11-6-4-7-12(16)8-11/h4,6-8,10,13H,3,5,9H2,1-2H3,(H,17,19). The van der Waals surface area contributed by atoms with Gasteiger partial charge in [0, 0.05) is 6.54 Å². The van der Waals surface area contributed by atoms with Gasteiger partial charge in [-0.1, -0.05) is 25.5 Å². The van der Waals surface area contributed by atoms with Crippen LogP contribution in [0.1, 0.15) is 32.3 Å². The predicted molar refractivity (Wildman–Crippen MR) is 73.3 cm³/mol. The second-order valence-corrected chi connectivity index (χ2v) is 5.13. The highest BCUT2D eigenvalue weighted by molar-refractivity contribution is 5.96. The summed E-state index contributed by atoms with van der Waals surface area (Å²) < 4.78 is 13.2. The SMILES string of the molecule is CCCC1C(=O)NC(C)C(=O)N1Cc1cccc(F)c1. The lowest BCUT2D eigenvalue weighted by molar-refractivity contribution is -0.149. The van der Waals surface area contributed by atoms with Gasteiger partial charge in [0.05, 0.1) is 0 Å². The molecule has 2 rings (SSSR count). The van der Waals surface area contributed by atoms with Crippen LogP contribution in [0, 0.1) is 5.82 Å². The van der Waals surface area contributed by atoms with E-state index in [1.54, 1.807) is 24.0 Å². The number of benzene rings is 1. The third kappa shape index (κ3) is 2.98. The van der Waals surface area contributed by atoms with Crippen molar-refractivity contribution in [3.63, 3.8) is 0 Å². The maximum atomic E-state index is 13.2. The van der Waals surface area contributed by atoms with Crippen LogP contribution < -0.4 is 5.32 Å². The van der Waals surface area contributed by atoms with E-state index in [4.69, 9.17) is 0 Å². The van der Waals surface area contributed by atoms with Crippen molar-refractivity contribution in [2.45, 2.75) is 45.3 Å². The Labute approximate surface area is 118 Å². The number of carbonyl (C=O) groups is 2. The zero-order valence-corrected chi connectivity index (χ0v) is 11.7. The van der Waals surface area contributed by atoms with E-state index in [-0.39, 0.29) is 24.2 Å². The number of halogens is 1. The zero-order valence-electron chi connectivity index (χ0n) is 11.7. The Bertz CT molecular complexity index is 518. The summed E-state index contributed by atoms with van der Waals surface area (Å²) >= 11 is 0. The molecule has 20 heavy (non-hydrogen) atoms. The summed E-state index contributed by atoms with van der Waals surface area (Å²) in [4.78, 5) is 25.8. The first-order chi connectivity index (χ1) is 9.52. The van der Waals surface area contributed by atoms with E-state index in [0.29, 0.717) is 12.0 Å². The molecule has 1 heterocycles. The van der Waals surface area contributed by atoms with Crippen molar-refractivity contribution in [1.29, 1.82) is 0 Å². The molecule has 1 N–H and O–H groups in total. The summed E-state index contributed by atoms with van der Waals surface area (Å²) in [6.45, 7) is 3.90. The summed E-state index contributed by atoms with van der Waals surface area (Å²) in [6, 6.07) is 5.14. The lowest BCUT2D eigenvalue weighted by atomic mass is 10.0. The van der Waals surface area contributed by atoms with E-state index in [0.717, 1.165) is 6.42 Å². The zero-order chi connectivity index (χ0) is 14.7. The summed E-state index contributed by atoms with van der Waals surface area (Å²) in [5.41, 5.74) is 0.696. The number of piperazine rings is 1. The van der Waals surface area contributed by atoms with Crippen LogP contribution in [-0.2, 0) is 16.1 Å². The quantitative estimate of drug-likeness (QED) is 0.913. The summed E-state index contributed by atoms with van der Waals surface area (Å²) in [5, 5.41) is 2.69. The number of hydrogen-bond acceptors (Lipinski definition) is 2. The number of amides is 2. The molecule has 5 heteroatoms. The maximum Gasteiger partial charge on any atom is 0.245 e. The van der Waals surface area contributed by atoms with Gasteiger partial charge >= 0.3 is 0 Å². The van der Waals surface area contributed by atoms with Gasteiger partial charge in [-0.15, -0.1) is 0 Å². The Kier molecular flexibility index (Phi) is 4.37. The van der Waals surface area contributed by atoms with Gasteiger partial charge < -0.3 is 10.2 Å². The molecular formula is C15H19FN2O2. The highest BCUT2D eigenvalue weighted by Gasteiger charge is 2.37. The van der Waals surface area contributed by atoms with Crippen LogP contribution >= 0.6 is 0 Å². The molecule has 0 spiro atoms. The first kappa shape index (κ1) is 14.5. The molecule has 1 saturated heterocycles. The molecule has 0 aromatic heterocycles. The smallest absolute Gasteiger partial charge is 0.245 e. The topological polar surface area (TPSA) is 49.4 Å². The number of nitrogens with zero attached hydrogens (tertiary/aromatic N) is 1. The average Bonchev–Trinajstić information content (AvgIpc) is 2.40.